The average Bonchev–Trinajstić information content (AvgIpc) is 3.58. The van der Waals surface area contributed by atoms with E-state index < -0.39 is 65.1 Å². The third-order valence-electron chi connectivity index (χ3n) is 6.32. The smallest absolute Gasteiger partial charge is 0.387 e. The molecule has 0 bridgehead atoms. The summed E-state index contributed by atoms with van der Waals surface area (Å²) in [6, 6.07) is 0. The molecule has 1 amide bonds. The predicted octanol–water partition coefficient (Wildman–Crippen LogP) is -0.548. The van der Waals surface area contributed by atoms with Gasteiger partial charge in [0.25, 0.3) is 0 Å². The van der Waals surface area contributed by atoms with Crippen molar-refractivity contribution in [1.82, 2.24) is 24.8 Å². The van der Waals surface area contributed by atoms with E-state index in [1.807, 2.05) is 0 Å². The lowest BCUT2D eigenvalue weighted by Crippen LogP contribution is -2.33. The lowest BCUT2D eigenvalue weighted by molar-refractivity contribution is -0.135. The zero-order chi connectivity index (χ0) is 35.9. The number of nitrogen functional groups attached to an aromatic ring is 1. The highest BCUT2D eigenvalue weighted by atomic mass is 31.3. The molecule has 274 valence electrons. The number of aliphatic hydroxyl groups excluding tert-OH is 2. The molecule has 3 rings (SSSR count). The molecule has 2 aromatic rings. The van der Waals surface area contributed by atoms with E-state index in [1.54, 1.807) is 0 Å². The quantitative estimate of drug-likeness (QED) is 0.0273. The van der Waals surface area contributed by atoms with Crippen molar-refractivity contribution in [3.05, 3.63) is 23.1 Å². The topological polar surface area (TPSA) is 344 Å². The number of nitrogens with one attached hydrogen (secondary N) is 1. The number of anilines is 1. The van der Waals surface area contributed by atoms with Crippen LogP contribution in [0, 0.1) is 0 Å². The van der Waals surface area contributed by atoms with Gasteiger partial charge in [0.15, 0.2) is 17.7 Å². The summed E-state index contributed by atoms with van der Waals surface area (Å²) in [6.07, 6.45) is -4.37. The molecule has 3 heterocycles. The third-order valence-corrected chi connectivity index (χ3v) is 8.88. The molecule has 1 aliphatic heterocycles. The second-order valence-corrected chi connectivity index (χ2v) is 12.9. The number of aliphatic hydroxyl groups is 2. The van der Waals surface area contributed by atoms with Gasteiger partial charge >= 0.3 is 21.6 Å². The minimum Gasteiger partial charge on any atom is -0.387 e. The van der Waals surface area contributed by atoms with Crippen molar-refractivity contribution in [2.45, 2.75) is 43.8 Å². The Balaban J connectivity index is 1.28. The van der Waals surface area contributed by atoms with E-state index in [9.17, 15) is 38.7 Å². The van der Waals surface area contributed by atoms with Gasteiger partial charge in [-0.15, -0.1) is 0 Å². The highest BCUT2D eigenvalue weighted by Crippen LogP contribution is 2.60. The molecule has 0 aliphatic carbocycles. The van der Waals surface area contributed by atoms with Crippen LogP contribution in [0.5, 0.6) is 0 Å². The molecule has 0 radical (unpaired) electrons. The second kappa shape index (κ2) is 19.7. The highest BCUT2D eigenvalue weighted by Gasteiger charge is 2.46. The predicted molar refractivity (Wildman–Crippen MR) is 162 cm³/mol. The SMILES string of the molecule is [N-]=[N+]=NCCOCCOCCOCCNC(=O)CCCC(=O)OP(=O)(O)OP(=O)(O)OC[C@H]1O[C@@H](n2cnc3c(N)ncnc32)C(O)C1O. The first-order valence-electron chi connectivity index (χ1n) is 14.5. The molecule has 49 heavy (non-hydrogen) atoms. The maximum Gasteiger partial charge on any atom is 0.538 e. The molecule has 1 fully saturated rings. The Morgan fingerprint density at radius 2 is 1.71 bits per heavy atom. The number of phosphoric ester groups is 2. The summed E-state index contributed by atoms with van der Waals surface area (Å²) in [6.45, 7) is 1.21. The first kappa shape index (κ1) is 40.1. The number of hydrogen-bond donors (Lipinski definition) is 6. The van der Waals surface area contributed by atoms with Crippen LogP contribution in [0.4, 0.5) is 5.82 Å². The van der Waals surface area contributed by atoms with Gasteiger partial charge in [-0.3, -0.25) is 23.6 Å². The van der Waals surface area contributed by atoms with Gasteiger partial charge in [0.1, 0.15) is 30.2 Å². The number of nitrogens with zero attached hydrogens (tertiary/aromatic N) is 7. The molecule has 1 aliphatic rings. The van der Waals surface area contributed by atoms with Crippen LogP contribution < -0.4 is 11.1 Å². The van der Waals surface area contributed by atoms with Gasteiger partial charge in [0.2, 0.25) is 5.91 Å². The summed E-state index contributed by atoms with van der Waals surface area (Å²) >= 11 is 0. The lowest BCUT2D eigenvalue weighted by Gasteiger charge is -2.19. The van der Waals surface area contributed by atoms with E-state index in [-0.39, 0.29) is 56.1 Å². The van der Waals surface area contributed by atoms with Gasteiger partial charge < -0.3 is 49.6 Å². The normalized spacial score (nSPS) is 21.5. The maximum atomic E-state index is 12.3. The van der Waals surface area contributed by atoms with Crippen molar-refractivity contribution >= 4 is 44.5 Å². The minimum absolute atomic E-state index is 0.0481. The summed E-state index contributed by atoms with van der Waals surface area (Å²) < 4.78 is 60.0. The molecule has 26 heteroatoms. The number of carbonyl (C=O) groups is 2. The van der Waals surface area contributed by atoms with Crippen LogP contribution in [0.25, 0.3) is 21.6 Å². The van der Waals surface area contributed by atoms with E-state index in [0.717, 1.165) is 6.33 Å². The maximum absolute atomic E-state index is 12.3. The Kier molecular flexibility index (Phi) is 16.2. The lowest BCUT2D eigenvalue weighted by atomic mass is 10.1. The largest absolute Gasteiger partial charge is 0.538 e. The Hall–Kier alpha value is -3.34. The van der Waals surface area contributed by atoms with E-state index in [2.05, 4.69) is 43.7 Å². The van der Waals surface area contributed by atoms with Gasteiger partial charge in [-0.25, -0.2) is 24.1 Å². The fourth-order valence-corrected chi connectivity index (χ4v) is 6.15. The highest BCUT2D eigenvalue weighted by molar-refractivity contribution is 7.61. The zero-order valence-corrected chi connectivity index (χ0v) is 27.6. The average molecular weight is 742 g/mol. The number of fused-ring (bicyclic) bond motifs is 1. The van der Waals surface area contributed by atoms with Gasteiger partial charge in [-0.1, -0.05) is 5.11 Å². The van der Waals surface area contributed by atoms with Crippen LogP contribution in [0.15, 0.2) is 17.8 Å². The van der Waals surface area contributed by atoms with Gasteiger partial charge in [0.05, 0.1) is 52.6 Å². The van der Waals surface area contributed by atoms with E-state index >= 15 is 0 Å². The molecule has 2 aromatic heterocycles. The molecule has 0 aromatic carbocycles. The van der Waals surface area contributed by atoms with Crippen molar-refractivity contribution in [3.8, 4) is 0 Å². The molecule has 4 unspecified atom stereocenters. The number of azide groups is 1. The Bertz CT molecular complexity index is 1530. The fourth-order valence-electron chi connectivity index (χ4n) is 4.10. The number of carbonyl (C=O) groups excluding carboxylic acids is 2. The third kappa shape index (κ3) is 13.5. The van der Waals surface area contributed by atoms with Crippen molar-refractivity contribution < 1.29 is 71.0 Å². The van der Waals surface area contributed by atoms with Crippen molar-refractivity contribution in [2.75, 3.05) is 65.1 Å². The molecule has 0 saturated carbocycles. The number of rotatable bonds is 23. The van der Waals surface area contributed by atoms with E-state index in [1.165, 1.54) is 10.9 Å². The van der Waals surface area contributed by atoms with Gasteiger partial charge in [-0.05, 0) is 12.0 Å². The van der Waals surface area contributed by atoms with Gasteiger partial charge in [0, 0.05) is 30.8 Å². The van der Waals surface area contributed by atoms with Gasteiger partial charge in [-0.2, -0.15) is 4.31 Å². The Morgan fingerprint density at radius 3 is 2.43 bits per heavy atom. The number of aromatic nitrogens is 4. The molecular weight excluding hydrogens is 704 g/mol. The number of imidazole rings is 1. The molecule has 0 spiro atoms. The van der Waals surface area contributed by atoms with E-state index in [4.69, 9.17) is 30.2 Å². The first-order valence-corrected chi connectivity index (χ1v) is 17.5. The van der Waals surface area contributed by atoms with Crippen LogP contribution in [0.3, 0.4) is 0 Å². The summed E-state index contributed by atoms with van der Waals surface area (Å²) in [4.78, 5) is 58.0. The first-order chi connectivity index (χ1) is 23.3. The van der Waals surface area contributed by atoms with Crippen LogP contribution in [0.1, 0.15) is 25.5 Å². The molecule has 24 nitrogen and oxygen atoms in total. The summed E-state index contributed by atoms with van der Waals surface area (Å²) in [5.74, 6) is -1.70. The number of phosphoric acid groups is 2. The fraction of sp³-hybridized carbons (Fsp3) is 0.696. The number of ether oxygens (including phenoxy) is 4. The van der Waals surface area contributed by atoms with Crippen molar-refractivity contribution in [2.24, 2.45) is 5.11 Å². The van der Waals surface area contributed by atoms with E-state index in [0.29, 0.717) is 26.4 Å². The van der Waals surface area contributed by atoms with Crippen molar-refractivity contribution in [1.29, 1.82) is 0 Å². The molecule has 7 N–H and O–H groups in total. The van der Waals surface area contributed by atoms with Crippen LogP contribution in [-0.4, -0.2) is 129 Å². The number of hydrogen-bond acceptors (Lipinski definition) is 18. The summed E-state index contributed by atoms with van der Waals surface area (Å²) in [5.41, 5.74) is 14.2. The molecular formula is C23H37N9O15P2. The summed E-state index contributed by atoms with van der Waals surface area (Å²) in [7, 11) is -10.9. The molecule has 6 atom stereocenters. The zero-order valence-electron chi connectivity index (χ0n) is 25.8. The number of nitrogens with two attached hydrogens (primary N) is 1. The van der Waals surface area contributed by atoms with Crippen LogP contribution >= 0.6 is 15.6 Å². The van der Waals surface area contributed by atoms with Crippen LogP contribution in [0.2, 0.25) is 0 Å². The second-order valence-electron chi connectivity index (χ2n) is 9.90. The summed E-state index contributed by atoms with van der Waals surface area (Å²) in [5, 5.41) is 26.7. The number of amides is 1. The van der Waals surface area contributed by atoms with Crippen LogP contribution in [-0.2, 0) is 51.0 Å². The minimum atomic E-state index is -5.48. The Labute approximate surface area is 277 Å². The monoisotopic (exact) mass is 741 g/mol. The van der Waals surface area contributed by atoms with Crippen molar-refractivity contribution in [3.63, 3.8) is 0 Å². The Morgan fingerprint density at radius 1 is 1.02 bits per heavy atom. The molecule has 1 saturated heterocycles. The standard InChI is InChI=1S/C23H37N9O15P2/c24-21-18-22(28-13-27-21)32(14-29-18)23-20(36)19(35)15(45-23)12-44-48(37,38)47-49(39,40)46-17(34)3-1-2-16(33)26-4-6-41-8-10-43-11-9-42-7-5-30-31-25/h13-15,19-20,23,35-36H,1-12H2,(H,26,33)(H,37,38)(H,39,40)(H2,24,27,28)/t15-,19?,20?,23-/m1/s1.